The lowest BCUT2D eigenvalue weighted by Gasteiger charge is -2.26. The SMILES string of the molecule is Cc1cc(CN=C(NCCCN2CCOCC2)NCC(=O)N(C)C)ccc1Cl. The minimum atomic E-state index is 0.00477. The average molecular weight is 410 g/mol. The molecule has 0 spiro atoms. The molecular formula is C20H32ClN5O2. The van der Waals surface area contributed by atoms with E-state index in [0.717, 1.165) is 62.0 Å². The molecule has 8 heteroatoms. The summed E-state index contributed by atoms with van der Waals surface area (Å²) >= 11 is 6.09. The van der Waals surface area contributed by atoms with Crippen molar-refractivity contribution >= 4 is 23.5 Å². The van der Waals surface area contributed by atoms with E-state index >= 15 is 0 Å². The van der Waals surface area contributed by atoms with Crippen LogP contribution < -0.4 is 10.6 Å². The van der Waals surface area contributed by atoms with Crippen molar-refractivity contribution in [1.29, 1.82) is 0 Å². The van der Waals surface area contributed by atoms with Crippen molar-refractivity contribution in [1.82, 2.24) is 20.4 Å². The first kappa shape index (κ1) is 22.5. The number of likely N-dealkylation sites (N-methyl/N-ethyl adjacent to an activating group) is 1. The van der Waals surface area contributed by atoms with Gasteiger partial charge in [0.1, 0.15) is 0 Å². The normalized spacial score (nSPS) is 15.4. The number of aryl methyl sites for hydroxylation is 1. The second-order valence-corrected chi connectivity index (χ2v) is 7.53. The maximum atomic E-state index is 11.9. The number of halogens is 1. The molecular weight excluding hydrogens is 378 g/mol. The quantitative estimate of drug-likeness (QED) is 0.387. The van der Waals surface area contributed by atoms with E-state index in [1.165, 1.54) is 0 Å². The summed E-state index contributed by atoms with van der Waals surface area (Å²) in [5.41, 5.74) is 2.11. The average Bonchev–Trinajstić information content (AvgIpc) is 2.69. The number of carbonyl (C=O) groups excluding carboxylic acids is 1. The zero-order chi connectivity index (χ0) is 20.4. The third kappa shape index (κ3) is 8.04. The summed E-state index contributed by atoms with van der Waals surface area (Å²) in [4.78, 5) is 20.5. The van der Waals surface area contributed by atoms with Gasteiger partial charge in [0.2, 0.25) is 5.91 Å². The highest BCUT2D eigenvalue weighted by Crippen LogP contribution is 2.16. The lowest BCUT2D eigenvalue weighted by molar-refractivity contribution is -0.127. The molecule has 0 saturated carbocycles. The Bertz CT molecular complexity index is 660. The van der Waals surface area contributed by atoms with Crippen LogP contribution >= 0.6 is 11.6 Å². The summed E-state index contributed by atoms with van der Waals surface area (Å²) in [7, 11) is 3.49. The fraction of sp³-hybridized carbons (Fsp3) is 0.600. The number of morpholine rings is 1. The van der Waals surface area contributed by atoms with Crippen LogP contribution in [0.15, 0.2) is 23.2 Å². The second-order valence-electron chi connectivity index (χ2n) is 7.12. The van der Waals surface area contributed by atoms with E-state index in [1.807, 2.05) is 25.1 Å². The molecule has 0 bridgehead atoms. The van der Waals surface area contributed by atoms with Gasteiger partial charge in [-0.15, -0.1) is 0 Å². The lowest BCUT2D eigenvalue weighted by Crippen LogP contribution is -2.44. The van der Waals surface area contributed by atoms with E-state index in [0.29, 0.717) is 12.5 Å². The summed E-state index contributed by atoms with van der Waals surface area (Å²) < 4.78 is 5.38. The molecule has 1 fully saturated rings. The van der Waals surface area contributed by atoms with Gasteiger partial charge in [-0.25, -0.2) is 4.99 Å². The smallest absolute Gasteiger partial charge is 0.241 e. The van der Waals surface area contributed by atoms with Crippen molar-refractivity contribution in [2.75, 3.05) is 60.0 Å². The zero-order valence-electron chi connectivity index (χ0n) is 17.1. The van der Waals surface area contributed by atoms with Gasteiger partial charge in [-0.1, -0.05) is 23.7 Å². The van der Waals surface area contributed by atoms with Crippen molar-refractivity contribution in [2.45, 2.75) is 19.9 Å². The first-order valence-electron chi connectivity index (χ1n) is 9.73. The van der Waals surface area contributed by atoms with Gasteiger partial charge in [-0.2, -0.15) is 0 Å². The standard InChI is InChI=1S/C20H32ClN5O2/c1-16-13-17(5-6-18(16)21)14-23-20(24-15-19(27)25(2)3)22-7-4-8-26-9-11-28-12-10-26/h5-6,13H,4,7-12,14-15H2,1-3H3,(H2,22,23,24). The van der Waals surface area contributed by atoms with E-state index in [-0.39, 0.29) is 12.5 Å². The van der Waals surface area contributed by atoms with E-state index in [4.69, 9.17) is 16.3 Å². The van der Waals surface area contributed by atoms with Gasteiger partial charge in [-0.3, -0.25) is 9.69 Å². The predicted octanol–water partition coefficient (Wildman–Crippen LogP) is 1.49. The summed E-state index contributed by atoms with van der Waals surface area (Å²) in [6, 6.07) is 5.90. The Kier molecular flexibility index (Phi) is 9.54. The highest BCUT2D eigenvalue weighted by atomic mass is 35.5. The fourth-order valence-corrected chi connectivity index (χ4v) is 2.92. The summed E-state index contributed by atoms with van der Waals surface area (Å²) in [6.07, 6.45) is 1.00. The molecule has 1 saturated heterocycles. The summed E-state index contributed by atoms with van der Waals surface area (Å²) in [6.45, 7) is 8.14. The molecule has 2 rings (SSSR count). The van der Waals surface area contributed by atoms with Crippen LogP contribution in [0.1, 0.15) is 17.5 Å². The van der Waals surface area contributed by atoms with Crippen LogP contribution in [0.3, 0.4) is 0 Å². The molecule has 7 nitrogen and oxygen atoms in total. The van der Waals surface area contributed by atoms with Crippen molar-refractivity contribution in [3.05, 3.63) is 34.3 Å². The largest absolute Gasteiger partial charge is 0.379 e. The van der Waals surface area contributed by atoms with Gasteiger partial charge < -0.3 is 20.3 Å². The van der Waals surface area contributed by atoms with Gasteiger partial charge in [-0.05, 0) is 37.1 Å². The number of aliphatic imine (C=N–C) groups is 1. The molecule has 0 aromatic heterocycles. The molecule has 0 aliphatic carbocycles. The third-order valence-corrected chi connectivity index (χ3v) is 5.02. The Morgan fingerprint density at radius 2 is 2.04 bits per heavy atom. The molecule has 1 heterocycles. The molecule has 1 aliphatic rings. The zero-order valence-corrected chi connectivity index (χ0v) is 17.9. The third-order valence-electron chi connectivity index (χ3n) is 4.60. The molecule has 1 amide bonds. The fourth-order valence-electron chi connectivity index (χ4n) is 2.80. The lowest BCUT2D eigenvalue weighted by atomic mass is 10.1. The van der Waals surface area contributed by atoms with Crippen LogP contribution in [0.4, 0.5) is 0 Å². The van der Waals surface area contributed by atoms with Gasteiger partial charge >= 0.3 is 0 Å². The Hall–Kier alpha value is -1.83. The maximum absolute atomic E-state index is 11.9. The Balaban J connectivity index is 1.87. The van der Waals surface area contributed by atoms with E-state index in [9.17, 15) is 4.79 Å². The Morgan fingerprint density at radius 3 is 2.71 bits per heavy atom. The maximum Gasteiger partial charge on any atom is 0.241 e. The number of nitrogens with one attached hydrogen (secondary N) is 2. The topological polar surface area (TPSA) is 69.2 Å². The summed E-state index contributed by atoms with van der Waals surface area (Å²) in [5, 5.41) is 7.21. The summed E-state index contributed by atoms with van der Waals surface area (Å²) in [5.74, 6) is 0.648. The minimum absolute atomic E-state index is 0.00477. The first-order chi connectivity index (χ1) is 13.5. The predicted molar refractivity (Wildman–Crippen MR) is 114 cm³/mol. The Labute approximate surface area is 173 Å². The molecule has 0 atom stereocenters. The number of rotatable bonds is 8. The monoisotopic (exact) mass is 409 g/mol. The van der Waals surface area contributed by atoms with Crippen LogP contribution in [0.2, 0.25) is 5.02 Å². The highest BCUT2D eigenvalue weighted by molar-refractivity contribution is 6.31. The van der Waals surface area contributed by atoms with Crippen LogP contribution in [0, 0.1) is 6.92 Å². The van der Waals surface area contributed by atoms with Crippen molar-refractivity contribution in [3.63, 3.8) is 0 Å². The molecule has 1 aliphatic heterocycles. The molecule has 2 N–H and O–H groups in total. The van der Waals surface area contributed by atoms with Gasteiger partial charge in [0.15, 0.2) is 5.96 Å². The van der Waals surface area contributed by atoms with Crippen molar-refractivity contribution < 1.29 is 9.53 Å². The number of guanidine groups is 1. The van der Waals surface area contributed by atoms with Crippen LogP contribution in [-0.4, -0.2) is 81.7 Å². The first-order valence-corrected chi connectivity index (χ1v) is 10.1. The van der Waals surface area contributed by atoms with Crippen molar-refractivity contribution in [2.24, 2.45) is 4.99 Å². The minimum Gasteiger partial charge on any atom is -0.379 e. The van der Waals surface area contributed by atoms with E-state index in [1.54, 1.807) is 19.0 Å². The van der Waals surface area contributed by atoms with Gasteiger partial charge in [0, 0.05) is 38.8 Å². The van der Waals surface area contributed by atoms with Crippen LogP contribution in [0.5, 0.6) is 0 Å². The number of ether oxygens (including phenoxy) is 1. The Morgan fingerprint density at radius 1 is 1.29 bits per heavy atom. The number of carbonyl (C=O) groups is 1. The second kappa shape index (κ2) is 11.9. The van der Waals surface area contributed by atoms with E-state index < -0.39 is 0 Å². The molecule has 0 radical (unpaired) electrons. The number of nitrogens with zero attached hydrogens (tertiary/aromatic N) is 3. The van der Waals surface area contributed by atoms with Gasteiger partial charge in [0.25, 0.3) is 0 Å². The number of benzene rings is 1. The molecule has 1 aromatic carbocycles. The van der Waals surface area contributed by atoms with Crippen LogP contribution in [0.25, 0.3) is 0 Å². The van der Waals surface area contributed by atoms with Gasteiger partial charge in [0.05, 0.1) is 26.3 Å². The molecule has 156 valence electrons. The van der Waals surface area contributed by atoms with Crippen molar-refractivity contribution in [3.8, 4) is 0 Å². The van der Waals surface area contributed by atoms with Crippen LogP contribution in [-0.2, 0) is 16.1 Å². The molecule has 1 aromatic rings. The number of amides is 1. The number of hydrogen-bond acceptors (Lipinski definition) is 4. The molecule has 28 heavy (non-hydrogen) atoms. The number of hydrogen-bond donors (Lipinski definition) is 2. The molecule has 0 unspecified atom stereocenters. The van der Waals surface area contributed by atoms with E-state index in [2.05, 4.69) is 20.5 Å². The highest BCUT2D eigenvalue weighted by Gasteiger charge is 2.10.